The van der Waals surface area contributed by atoms with E-state index >= 15 is 0 Å². The summed E-state index contributed by atoms with van der Waals surface area (Å²) in [5.74, 6) is 0.322. The van der Waals surface area contributed by atoms with E-state index in [0.29, 0.717) is 17.9 Å². The Kier molecular flexibility index (Phi) is 8.02. The average Bonchev–Trinajstić information content (AvgIpc) is 2.63. The largest absolute Gasteiger partial charge is 0.333 e. The molecule has 0 atom stereocenters. The van der Waals surface area contributed by atoms with E-state index < -0.39 is 0 Å². The van der Waals surface area contributed by atoms with Crippen LogP contribution in [0.1, 0.15) is 24.2 Å². The Bertz CT molecular complexity index is 613. The molecule has 3 N–H and O–H groups in total. The number of hydrogen-bond acceptors (Lipinski definition) is 5. The molecule has 0 saturated carbocycles. The maximum absolute atomic E-state index is 12.0. The number of para-hydroxylation sites is 1. The van der Waals surface area contributed by atoms with Crippen molar-refractivity contribution in [3.05, 3.63) is 60.4 Å². The highest BCUT2D eigenvalue weighted by Crippen LogP contribution is 2.12. The van der Waals surface area contributed by atoms with Crippen molar-refractivity contribution in [2.45, 2.75) is 13.8 Å². The Hall–Kier alpha value is -2.73. The van der Waals surface area contributed by atoms with Crippen LogP contribution in [-0.2, 0) is 0 Å². The summed E-state index contributed by atoms with van der Waals surface area (Å²) in [6.07, 6.45) is 3.16. The highest BCUT2D eigenvalue weighted by atomic mass is 16.1. The van der Waals surface area contributed by atoms with E-state index in [2.05, 4.69) is 21.1 Å². The Labute approximate surface area is 137 Å². The molecule has 1 heterocycles. The first kappa shape index (κ1) is 18.3. The van der Waals surface area contributed by atoms with E-state index in [1.165, 1.54) is 13.2 Å². The van der Waals surface area contributed by atoms with Crippen LogP contribution in [0.2, 0.25) is 0 Å². The number of nitrogens with two attached hydrogens (primary N) is 1. The molecule has 23 heavy (non-hydrogen) atoms. The van der Waals surface area contributed by atoms with Gasteiger partial charge in [-0.1, -0.05) is 18.2 Å². The highest BCUT2D eigenvalue weighted by Gasteiger charge is 2.07. The van der Waals surface area contributed by atoms with Crippen LogP contribution in [0.25, 0.3) is 0 Å². The lowest BCUT2D eigenvalue weighted by molar-refractivity contribution is 0.0976. The molecule has 1 amide bonds. The van der Waals surface area contributed by atoms with Gasteiger partial charge in [0.25, 0.3) is 5.91 Å². The van der Waals surface area contributed by atoms with Crippen LogP contribution in [0.5, 0.6) is 0 Å². The molecule has 0 fully saturated rings. The zero-order chi connectivity index (χ0) is 17.1. The van der Waals surface area contributed by atoms with Gasteiger partial charge in [0.1, 0.15) is 5.84 Å². The van der Waals surface area contributed by atoms with Gasteiger partial charge in [-0.05, 0) is 45.2 Å². The third-order valence-corrected chi connectivity index (χ3v) is 2.84. The quantitative estimate of drug-likeness (QED) is 0.515. The summed E-state index contributed by atoms with van der Waals surface area (Å²) in [5.41, 5.74) is 5.99. The van der Waals surface area contributed by atoms with Gasteiger partial charge in [0.05, 0.1) is 11.3 Å². The number of pyridine rings is 1. The molecule has 122 valence electrons. The number of benzene rings is 1. The molecular weight excluding hydrogens is 290 g/mol. The van der Waals surface area contributed by atoms with E-state index in [4.69, 9.17) is 0 Å². The number of amides is 1. The first-order valence-corrected chi connectivity index (χ1v) is 7.37. The molecule has 0 aliphatic rings. The Morgan fingerprint density at radius 1 is 1.22 bits per heavy atom. The van der Waals surface area contributed by atoms with Crippen LogP contribution < -0.4 is 16.1 Å². The minimum Gasteiger partial charge on any atom is -0.333 e. The molecule has 0 unspecified atom stereocenters. The molecule has 2 rings (SSSR count). The standard InChI is InChI=1S/C16H18N4O.CH5N/c1-3-20(15-9-5-4-6-10-15)19-13(2)18-16(21)14-8-7-11-17-12-14;1-2/h4-12H,3H2,1-2H3,(H,18,19,21);2H2,1H3. The van der Waals surface area contributed by atoms with Crippen molar-refractivity contribution in [2.75, 3.05) is 18.6 Å². The molecule has 0 bridgehead atoms. The van der Waals surface area contributed by atoms with Gasteiger partial charge in [-0.2, -0.15) is 5.10 Å². The van der Waals surface area contributed by atoms with Crippen LogP contribution in [-0.4, -0.2) is 30.3 Å². The molecule has 6 heteroatoms. The summed E-state index contributed by atoms with van der Waals surface area (Å²) in [5, 5.41) is 9.02. The van der Waals surface area contributed by atoms with Gasteiger partial charge in [-0.25, -0.2) is 0 Å². The summed E-state index contributed by atoms with van der Waals surface area (Å²) in [6.45, 7) is 4.48. The second-order valence-corrected chi connectivity index (χ2v) is 4.43. The van der Waals surface area contributed by atoms with Crippen molar-refractivity contribution in [1.29, 1.82) is 0 Å². The molecule has 0 aliphatic carbocycles. The van der Waals surface area contributed by atoms with Gasteiger partial charge < -0.3 is 11.1 Å². The van der Waals surface area contributed by atoms with Crippen LogP contribution in [0.4, 0.5) is 5.69 Å². The number of hydrogen-bond donors (Lipinski definition) is 2. The number of nitrogens with one attached hydrogen (secondary N) is 1. The Morgan fingerprint density at radius 3 is 2.48 bits per heavy atom. The third-order valence-electron chi connectivity index (χ3n) is 2.84. The van der Waals surface area contributed by atoms with Gasteiger partial charge in [-0.3, -0.25) is 14.8 Å². The summed E-state index contributed by atoms with van der Waals surface area (Å²) in [6, 6.07) is 13.3. The van der Waals surface area contributed by atoms with E-state index in [1.807, 2.05) is 42.3 Å². The molecular formula is C17H23N5O. The number of hydrazone groups is 1. The minimum absolute atomic E-state index is 0.214. The van der Waals surface area contributed by atoms with Crippen molar-refractivity contribution >= 4 is 17.4 Å². The fourth-order valence-electron chi connectivity index (χ4n) is 1.85. The molecule has 0 radical (unpaired) electrons. The first-order valence-electron chi connectivity index (χ1n) is 7.37. The lowest BCUT2D eigenvalue weighted by atomic mass is 10.3. The normalized spacial score (nSPS) is 10.3. The zero-order valence-electron chi connectivity index (χ0n) is 13.7. The summed E-state index contributed by atoms with van der Waals surface area (Å²) >= 11 is 0. The Morgan fingerprint density at radius 2 is 1.91 bits per heavy atom. The number of carbonyl (C=O) groups excluding carboxylic acids is 1. The molecule has 1 aromatic heterocycles. The summed E-state index contributed by atoms with van der Waals surface area (Å²) in [7, 11) is 1.50. The molecule has 0 aliphatic heterocycles. The number of amidine groups is 1. The monoisotopic (exact) mass is 313 g/mol. The van der Waals surface area contributed by atoms with Gasteiger partial charge in [0, 0.05) is 18.9 Å². The highest BCUT2D eigenvalue weighted by molar-refractivity contribution is 6.05. The lowest BCUT2D eigenvalue weighted by Gasteiger charge is -2.18. The molecule has 2 aromatic rings. The van der Waals surface area contributed by atoms with Crippen molar-refractivity contribution in [3.63, 3.8) is 0 Å². The SMILES string of the molecule is CCN(/N=C(\C)NC(=O)c1cccnc1)c1ccccc1.CN. The fraction of sp³-hybridized carbons (Fsp3) is 0.235. The zero-order valence-corrected chi connectivity index (χ0v) is 13.7. The number of aromatic nitrogens is 1. The predicted molar refractivity (Wildman–Crippen MR) is 94.4 cm³/mol. The van der Waals surface area contributed by atoms with Gasteiger partial charge in [-0.15, -0.1) is 0 Å². The topological polar surface area (TPSA) is 83.6 Å². The second kappa shape index (κ2) is 10.1. The van der Waals surface area contributed by atoms with Crippen molar-refractivity contribution in [1.82, 2.24) is 10.3 Å². The maximum atomic E-state index is 12.0. The smallest absolute Gasteiger partial charge is 0.258 e. The lowest BCUT2D eigenvalue weighted by Crippen LogP contribution is -2.31. The summed E-state index contributed by atoms with van der Waals surface area (Å²) < 4.78 is 0. The molecule has 0 spiro atoms. The van der Waals surface area contributed by atoms with E-state index in [-0.39, 0.29) is 5.91 Å². The van der Waals surface area contributed by atoms with E-state index in [1.54, 1.807) is 25.3 Å². The third kappa shape index (κ3) is 5.88. The van der Waals surface area contributed by atoms with Crippen molar-refractivity contribution in [2.24, 2.45) is 10.8 Å². The van der Waals surface area contributed by atoms with Crippen LogP contribution in [0, 0.1) is 0 Å². The average molecular weight is 313 g/mol. The number of nitrogens with zero attached hydrogens (tertiary/aromatic N) is 3. The van der Waals surface area contributed by atoms with Crippen LogP contribution in [0.3, 0.4) is 0 Å². The minimum atomic E-state index is -0.214. The molecule has 6 nitrogen and oxygen atoms in total. The molecule has 0 saturated heterocycles. The van der Waals surface area contributed by atoms with Gasteiger partial charge in [0.2, 0.25) is 0 Å². The van der Waals surface area contributed by atoms with Gasteiger partial charge in [0.15, 0.2) is 0 Å². The van der Waals surface area contributed by atoms with Gasteiger partial charge >= 0.3 is 0 Å². The number of rotatable bonds is 4. The van der Waals surface area contributed by atoms with Crippen LogP contribution >= 0.6 is 0 Å². The van der Waals surface area contributed by atoms with Crippen molar-refractivity contribution < 1.29 is 4.79 Å². The number of anilines is 1. The first-order chi connectivity index (χ1) is 11.2. The van der Waals surface area contributed by atoms with E-state index in [0.717, 1.165) is 5.69 Å². The second-order valence-electron chi connectivity index (χ2n) is 4.43. The van der Waals surface area contributed by atoms with E-state index in [9.17, 15) is 4.79 Å². The van der Waals surface area contributed by atoms with Crippen molar-refractivity contribution in [3.8, 4) is 0 Å². The Balaban J connectivity index is 0.00000127. The summed E-state index contributed by atoms with van der Waals surface area (Å²) in [4.78, 5) is 15.9. The maximum Gasteiger partial charge on any atom is 0.258 e. The number of carbonyl (C=O) groups is 1. The fourth-order valence-corrected chi connectivity index (χ4v) is 1.85. The van der Waals surface area contributed by atoms with Crippen LogP contribution in [0.15, 0.2) is 60.0 Å². The molecule has 1 aromatic carbocycles. The predicted octanol–water partition coefficient (Wildman–Crippen LogP) is 2.25.